The Balaban J connectivity index is 2.29. The molecule has 2 nitrogen and oxygen atoms in total. The van der Waals surface area contributed by atoms with Gasteiger partial charge < -0.3 is 9.53 Å². The van der Waals surface area contributed by atoms with Crippen LogP contribution in [0.25, 0.3) is 0 Å². The lowest BCUT2D eigenvalue weighted by Crippen LogP contribution is -2.66. The van der Waals surface area contributed by atoms with Crippen molar-refractivity contribution in [2.45, 2.75) is 65.5 Å². The molecule has 0 saturated heterocycles. The van der Waals surface area contributed by atoms with Crippen LogP contribution in [0.1, 0.15) is 54.4 Å². The average Bonchev–Trinajstić information content (AvgIpc) is 2.74. The largest absolute Gasteiger partial charge is 0.404 e. The van der Waals surface area contributed by atoms with Gasteiger partial charge in [-0.2, -0.15) is 0 Å². The van der Waals surface area contributed by atoms with Crippen LogP contribution in [0.4, 0.5) is 0 Å². The second kappa shape index (κ2) is 10.9. The normalized spacial score (nSPS) is 14.6. The molecule has 1 atom stereocenters. The van der Waals surface area contributed by atoms with E-state index in [1.807, 2.05) is 19.9 Å². The molecule has 0 saturated carbocycles. The molecule has 0 amide bonds. The van der Waals surface area contributed by atoms with E-state index in [0.29, 0.717) is 6.61 Å². The Hall–Kier alpha value is -1.94. The van der Waals surface area contributed by atoms with Crippen molar-refractivity contribution in [1.29, 1.82) is 0 Å². The molecule has 2 rings (SSSR count). The van der Waals surface area contributed by atoms with Crippen LogP contribution in [0.3, 0.4) is 0 Å². The van der Waals surface area contributed by atoms with Crippen molar-refractivity contribution in [3.05, 3.63) is 84.0 Å². The molecule has 0 fully saturated rings. The first kappa shape index (κ1) is 24.3. The Morgan fingerprint density at radius 1 is 0.967 bits per heavy atom. The molecule has 0 aliphatic heterocycles. The van der Waals surface area contributed by atoms with E-state index >= 15 is 0 Å². The third kappa shape index (κ3) is 5.81. The second-order valence-electron chi connectivity index (χ2n) is 9.11. The number of hydrogen-bond acceptors (Lipinski definition) is 2. The van der Waals surface area contributed by atoms with Crippen molar-refractivity contribution in [3.8, 4) is 0 Å². The van der Waals surface area contributed by atoms with Gasteiger partial charge in [0.25, 0.3) is 8.32 Å². The van der Waals surface area contributed by atoms with E-state index < -0.39 is 8.32 Å². The molecule has 1 N–H and O–H groups in total. The summed E-state index contributed by atoms with van der Waals surface area (Å²) < 4.78 is 6.90. The highest BCUT2D eigenvalue weighted by atomic mass is 28.4. The third-order valence-electron chi connectivity index (χ3n) is 5.94. The molecular formula is C27H38O2Si. The summed E-state index contributed by atoms with van der Waals surface area (Å²) in [4.78, 5) is 0. The van der Waals surface area contributed by atoms with Crippen LogP contribution in [0, 0.1) is 0 Å². The molecule has 0 aromatic heterocycles. The fourth-order valence-corrected chi connectivity index (χ4v) is 8.45. The Labute approximate surface area is 184 Å². The van der Waals surface area contributed by atoms with Gasteiger partial charge in [0.15, 0.2) is 0 Å². The van der Waals surface area contributed by atoms with E-state index in [9.17, 15) is 5.11 Å². The van der Waals surface area contributed by atoms with Crippen LogP contribution < -0.4 is 10.4 Å². The van der Waals surface area contributed by atoms with Crippen molar-refractivity contribution >= 4 is 18.7 Å². The third-order valence-corrected chi connectivity index (χ3v) is 10.9. The van der Waals surface area contributed by atoms with Crippen LogP contribution in [0.2, 0.25) is 5.04 Å². The zero-order chi connectivity index (χ0) is 22.2. The highest BCUT2D eigenvalue weighted by molar-refractivity contribution is 6.99. The summed E-state index contributed by atoms with van der Waals surface area (Å²) in [6.07, 6.45) is 5.43. The molecule has 2 aromatic rings. The number of aliphatic hydroxyl groups is 1. The monoisotopic (exact) mass is 422 g/mol. The molecule has 162 valence electrons. The number of hydrogen-bond donors (Lipinski definition) is 1. The van der Waals surface area contributed by atoms with E-state index in [1.165, 1.54) is 15.9 Å². The van der Waals surface area contributed by atoms with Gasteiger partial charge in [0.1, 0.15) is 0 Å². The number of aliphatic hydroxyl groups excluding tert-OH is 1. The van der Waals surface area contributed by atoms with Gasteiger partial charge in [-0.05, 0) is 54.6 Å². The fraction of sp³-hybridized carbons (Fsp3) is 0.407. The van der Waals surface area contributed by atoms with E-state index in [-0.39, 0.29) is 11.1 Å². The average molecular weight is 423 g/mol. The van der Waals surface area contributed by atoms with Crippen LogP contribution in [0.5, 0.6) is 0 Å². The van der Waals surface area contributed by atoms with Gasteiger partial charge in [-0.3, -0.25) is 0 Å². The molecule has 0 unspecified atom stereocenters. The molecular weight excluding hydrogens is 384 g/mol. The molecule has 2 aromatic carbocycles. The van der Waals surface area contributed by atoms with Gasteiger partial charge in [0, 0.05) is 0 Å². The molecule has 0 spiro atoms. The smallest absolute Gasteiger partial charge is 0.261 e. The first-order valence-electron chi connectivity index (χ1n) is 10.9. The van der Waals surface area contributed by atoms with E-state index in [1.54, 1.807) is 0 Å². The van der Waals surface area contributed by atoms with E-state index in [0.717, 1.165) is 18.4 Å². The summed E-state index contributed by atoms with van der Waals surface area (Å²) in [6, 6.07) is 21.5. The van der Waals surface area contributed by atoms with Crippen molar-refractivity contribution in [1.82, 2.24) is 0 Å². The summed E-state index contributed by atoms with van der Waals surface area (Å²) in [7, 11) is -2.49. The fourth-order valence-electron chi connectivity index (χ4n) is 3.96. The van der Waals surface area contributed by atoms with Crippen molar-refractivity contribution in [2.75, 3.05) is 6.61 Å². The summed E-state index contributed by atoms with van der Waals surface area (Å²) in [5, 5.41) is 12.8. The lowest BCUT2D eigenvalue weighted by molar-refractivity contribution is 0.200. The van der Waals surface area contributed by atoms with Gasteiger partial charge in [-0.25, -0.2) is 0 Å². The maximum atomic E-state index is 10.2. The maximum absolute atomic E-state index is 10.2. The van der Waals surface area contributed by atoms with Gasteiger partial charge in [0.2, 0.25) is 0 Å². The minimum atomic E-state index is -2.49. The first-order chi connectivity index (χ1) is 14.2. The van der Waals surface area contributed by atoms with Gasteiger partial charge >= 0.3 is 0 Å². The highest BCUT2D eigenvalue weighted by Crippen LogP contribution is 2.36. The number of benzene rings is 2. The van der Waals surface area contributed by atoms with Gasteiger partial charge in [0.05, 0.1) is 12.7 Å². The lowest BCUT2D eigenvalue weighted by atomic mass is 10.0. The molecule has 0 aliphatic carbocycles. The van der Waals surface area contributed by atoms with Crippen LogP contribution in [-0.2, 0) is 4.43 Å². The van der Waals surface area contributed by atoms with Crippen LogP contribution in [-0.4, -0.2) is 26.1 Å². The minimum Gasteiger partial charge on any atom is -0.404 e. The second-order valence-corrected chi connectivity index (χ2v) is 13.4. The Morgan fingerprint density at radius 3 is 1.90 bits per heavy atom. The predicted molar refractivity (Wildman–Crippen MR) is 132 cm³/mol. The van der Waals surface area contributed by atoms with Gasteiger partial charge in [-0.1, -0.05) is 99.2 Å². The molecule has 3 heteroatoms. The van der Waals surface area contributed by atoms with E-state index in [2.05, 4.69) is 94.4 Å². The topological polar surface area (TPSA) is 29.5 Å². The SMILES string of the molecule is C/C=C(\C)[C@H](O)CC/C(C)=C/CO[Si](c1ccccc1)(c1ccccc1)C(C)(C)C. The molecule has 0 heterocycles. The predicted octanol–water partition coefficient (Wildman–Crippen LogP) is 5.62. The Kier molecular flexibility index (Phi) is 8.84. The number of rotatable bonds is 9. The zero-order valence-electron chi connectivity index (χ0n) is 19.5. The van der Waals surface area contributed by atoms with Crippen LogP contribution >= 0.6 is 0 Å². The first-order valence-corrected chi connectivity index (χ1v) is 12.8. The maximum Gasteiger partial charge on any atom is 0.261 e. The highest BCUT2D eigenvalue weighted by Gasteiger charge is 2.49. The summed E-state index contributed by atoms with van der Waals surface area (Å²) in [5.74, 6) is 0. The quantitative estimate of drug-likeness (QED) is 0.420. The van der Waals surface area contributed by atoms with E-state index in [4.69, 9.17) is 4.43 Å². The Bertz CT molecular complexity index is 793. The van der Waals surface area contributed by atoms with Crippen molar-refractivity contribution < 1.29 is 9.53 Å². The molecule has 0 bridgehead atoms. The summed E-state index contributed by atoms with van der Waals surface area (Å²) in [6.45, 7) is 13.6. The molecule has 0 radical (unpaired) electrons. The standard InChI is InChI=1S/C27H38O2Si/c1-7-23(3)26(28)19-18-22(2)20-21-29-30(27(4,5)6,24-14-10-8-11-15-24)25-16-12-9-13-17-25/h7-17,20,26,28H,18-19,21H2,1-6H3/b22-20+,23-7+/t26-/m1/s1. The lowest BCUT2D eigenvalue weighted by Gasteiger charge is -2.42. The summed E-state index contributed by atoms with van der Waals surface area (Å²) >= 11 is 0. The Morgan fingerprint density at radius 2 is 1.47 bits per heavy atom. The van der Waals surface area contributed by atoms with Crippen molar-refractivity contribution in [3.63, 3.8) is 0 Å². The minimum absolute atomic E-state index is 0.0172. The summed E-state index contributed by atoms with van der Waals surface area (Å²) in [5.41, 5.74) is 2.29. The molecule has 0 aliphatic rings. The van der Waals surface area contributed by atoms with Crippen molar-refractivity contribution in [2.24, 2.45) is 0 Å². The van der Waals surface area contributed by atoms with Crippen LogP contribution in [0.15, 0.2) is 84.0 Å². The molecule has 30 heavy (non-hydrogen) atoms. The van der Waals surface area contributed by atoms with Gasteiger partial charge in [-0.15, -0.1) is 0 Å². The number of allylic oxidation sites excluding steroid dienone is 2. The zero-order valence-corrected chi connectivity index (χ0v) is 20.5.